The highest BCUT2D eigenvalue weighted by Crippen LogP contribution is 2.27. The molecular weight excluding hydrogens is 448 g/mol. The maximum absolute atomic E-state index is 14.1. The fourth-order valence-electron chi connectivity index (χ4n) is 4.48. The topological polar surface area (TPSA) is 93.3 Å². The Bertz CT molecular complexity index is 1210. The van der Waals surface area contributed by atoms with Crippen molar-refractivity contribution >= 4 is 29.4 Å². The van der Waals surface area contributed by atoms with Crippen molar-refractivity contribution in [2.45, 2.75) is 13.0 Å². The van der Waals surface area contributed by atoms with Crippen LogP contribution in [0, 0.1) is 11.6 Å². The van der Waals surface area contributed by atoms with E-state index in [4.69, 9.17) is 0 Å². The van der Waals surface area contributed by atoms with Crippen LogP contribution in [-0.4, -0.2) is 71.4 Å². The Morgan fingerprint density at radius 3 is 2.26 bits per heavy atom. The molecule has 5 rings (SSSR count). The van der Waals surface area contributed by atoms with Crippen LogP contribution >= 0.6 is 0 Å². The predicted molar refractivity (Wildman–Crippen MR) is 116 cm³/mol. The van der Waals surface area contributed by atoms with E-state index < -0.39 is 35.4 Å². The molecular formula is C23H21F2N5O4. The number of fused-ring (bicyclic) bond motifs is 1. The summed E-state index contributed by atoms with van der Waals surface area (Å²) >= 11 is 0. The molecule has 11 heteroatoms. The number of anilines is 1. The molecule has 1 N–H and O–H groups in total. The van der Waals surface area contributed by atoms with Gasteiger partial charge in [-0.3, -0.25) is 24.6 Å². The SMILES string of the molecule is O=C1CCN(N2C(=O)c3ccc(CN4CCN(c5ccc(F)cc5F)CC4)cc3C2=O)C(=O)N1. The number of carbonyl (C=O) groups excluding carboxylic acids is 4. The second kappa shape index (κ2) is 8.49. The van der Waals surface area contributed by atoms with Crippen molar-refractivity contribution in [1.82, 2.24) is 20.2 Å². The molecule has 3 aliphatic heterocycles. The maximum Gasteiger partial charge on any atom is 0.343 e. The highest BCUT2D eigenvalue weighted by atomic mass is 19.1. The van der Waals surface area contributed by atoms with Gasteiger partial charge in [-0.1, -0.05) is 6.07 Å². The molecule has 34 heavy (non-hydrogen) atoms. The first-order chi connectivity index (χ1) is 16.3. The molecule has 3 aliphatic rings. The number of piperazine rings is 1. The van der Waals surface area contributed by atoms with Crippen LogP contribution in [0.2, 0.25) is 0 Å². The van der Waals surface area contributed by atoms with Gasteiger partial charge >= 0.3 is 6.03 Å². The number of carbonyl (C=O) groups is 4. The van der Waals surface area contributed by atoms with Gasteiger partial charge < -0.3 is 4.90 Å². The van der Waals surface area contributed by atoms with Crippen LogP contribution in [0.15, 0.2) is 36.4 Å². The summed E-state index contributed by atoms with van der Waals surface area (Å²) < 4.78 is 27.3. The van der Waals surface area contributed by atoms with E-state index in [1.54, 1.807) is 18.2 Å². The number of amides is 5. The zero-order valence-corrected chi connectivity index (χ0v) is 18.1. The maximum atomic E-state index is 14.1. The highest BCUT2D eigenvalue weighted by molar-refractivity contribution is 6.22. The molecule has 0 saturated carbocycles. The molecule has 176 valence electrons. The van der Waals surface area contributed by atoms with Gasteiger partial charge in [0.25, 0.3) is 11.8 Å². The molecule has 0 aromatic heterocycles. The quantitative estimate of drug-likeness (QED) is 0.686. The first kappa shape index (κ1) is 22.0. The lowest BCUT2D eigenvalue weighted by Gasteiger charge is -2.36. The average Bonchev–Trinajstić information content (AvgIpc) is 3.04. The van der Waals surface area contributed by atoms with Gasteiger partial charge in [0.15, 0.2) is 0 Å². The number of hydrogen-bond donors (Lipinski definition) is 1. The van der Waals surface area contributed by atoms with E-state index in [1.807, 2.05) is 4.90 Å². The van der Waals surface area contributed by atoms with Crippen LogP contribution in [0.5, 0.6) is 0 Å². The summed E-state index contributed by atoms with van der Waals surface area (Å²) in [5.74, 6) is -2.87. The largest absolute Gasteiger partial charge is 0.367 e. The van der Waals surface area contributed by atoms with Crippen molar-refractivity contribution < 1.29 is 28.0 Å². The van der Waals surface area contributed by atoms with E-state index in [1.165, 1.54) is 12.1 Å². The molecule has 9 nitrogen and oxygen atoms in total. The third-order valence-electron chi connectivity index (χ3n) is 6.23. The molecule has 2 aromatic carbocycles. The minimum Gasteiger partial charge on any atom is -0.367 e. The Hall–Kier alpha value is -3.86. The molecule has 0 atom stereocenters. The van der Waals surface area contributed by atoms with Gasteiger partial charge in [-0.25, -0.2) is 18.6 Å². The third kappa shape index (κ3) is 3.87. The molecule has 2 saturated heterocycles. The summed E-state index contributed by atoms with van der Waals surface area (Å²) in [6.45, 7) is 2.85. The summed E-state index contributed by atoms with van der Waals surface area (Å²) in [6, 6.07) is 7.73. The second-order valence-electron chi connectivity index (χ2n) is 8.39. The van der Waals surface area contributed by atoms with E-state index in [0.717, 1.165) is 21.6 Å². The molecule has 0 unspecified atom stereocenters. The van der Waals surface area contributed by atoms with Crippen molar-refractivity contribution in [3.8, 4) is 0 Å². The number of benzene rings is 2. The first-order valence-corrected chi connectivity index (χ1v) is 10.9. The van der Waals surface area contributed by atoms with Crippen LogP contribution in [-0.2, 0) is 11.3 Å². The van der Waals surface area contributed by atoms with E-state index >= 15 is 0 Å². The van der Waals surface area contributed by atoms with Gasteiger partial charge in [-0.15, -0.1) is 0 Å². The van der Waals surface area contributed by atoms with Gasteiger partial charge in [-0.05, 0) is 29.8 Å². The first-order valence-electron chi connectivity index (χ1n) is 10.9. The summed E-state index contributed by atoms with van der Waals surface area (Å²) in [5, 5.41) is 3.85. The number of nitrogens with zero attached hydrogens (tertiary/aromatic N) is 4. The summed E-state index contributed by atoms with van der Waals surface area (Å²) in [7, 11) is 0. The lowest BCUT2D eigenvalue weighted by atomic mass is 10.1. The summed E-state index contributed by atoms with van der Waals surface area (Å²) in [5.41, 5.74) is 1.60. The normalized spacial score (nSPS) is 19.1. The van der Waals surface area contributed by atoms with E-state index in [-0.39, 0.29) is 24.1 Å². The third-order valence-corrected chi connectivity index (χ3v) is 6.23. The second-order valence-corrected chi connectivity index (χ2v) is 8.39. The molecule has 0 aliphatic carbocycles. The van der Waals surface area contributed by atoms with Crippen molar-refractivity contribution in [2.75, 3.05) is 37.6 Å². The Kier molecular flexibility index (Phi) is 5.48. The molecule has 0 radical (unpaired) electrons. The van der Waals surface area contributed by atoms with Crippen LogP contribution < -0.4 is 10.2 Å². The standard InChI is InChI=1S/C23H21F2N5O4/c24-15-2-4-19(18(25)12-15)28-9-7-27(8-10-28)13-14-1-3-16-17(11-14)22(33)30(21(16)32)29-6-5-20(31)26-23(29)34/h1-4,11-12H,5-10,13H2,(H,26,31,34). The smallest absolute Gasteiger partial charge is 0.343 e. The Balaban J connectivity index is 1.25. The molecule has 0 bridgehead atoms. The molecule has 3 heterocycles. The average molecular weight is 469 g/mol. The number of hydrogen-bond acceptors (Lipinski definition) is 6. The zero-order chi connectivity index (χ0) is 24.0. The zero-order valence-electron chi connectivity index (χ0n) is 18.1. The predicted octanol–water partition coefficient (Wildman–Crippen LogP) is 1.74. The number of imide groups is 2. The van der Waals surface area contributed by atoms with Crippen LogP contribution in [0.3, 0.4) is 0 Å². The van der Waals surface area contributed by atoms with Crippen LogP contribution in [0.25, 0.3) is 0 Å². The van der Waals surface area contributed by atoms with Crippen molar-refractivity contribution in [1.29, 1.82) is 0 Å². The number of hydrazine groups is 1. The van der Waals surface area contributed by atoms with Crippen molar-refractivity contribution in [2.24, 2.45) is 0 Å². The minimum absolute atomic E-state index is 0.00179. The van der Waals surface area contributed by atoms with Crippen molar-refractivity contribution in [3.05, 3.63) is 64.7 Å². The van der Waals surface area contributed by atoms with Gasteiger partial charge in [0.2, 0.25) is 5.91 Å². The number of halogens is 2. The van der Waals surface area contributed by atoms with Crippen LogP contribution in [0.4, 0.5) is 19.3 Å². The molecule has 2 fully saturated rings. The van der Waals surface area contributed by atoms with Gasteiger partial charge in [-0.2, -0.15) is 5.01 Å². The fraction of sp³-hybridized carbons (Fsp3) is 0.304. The van der Waals surface area contributed by atoms with Crippen molar-refractivity contribution in [3.63, 3.8) is 0 Å². The lowest BCUT2D eigenvalue weighted by Crippen LogP contribution is -2.58. The Labute approximate surface area is 193 Å². The number of nitrogens with one attached hydrogen (secondary N) is 1. The molecule has 2 aromatic rings. The van der Waals surface area contributed by atoms with E-state index in [2.05, 4.69) is 10.2 Å². The highest BCUT2D eigenvalue weighted by Gasteiger charge is 2.43. The van der Waals surface area contributed by atoms with Gasteiger partial charge in [0.05, 0.1) is 23.4 Å². The minimum atomic E-state index is -0.804. The van der Waals surface area contributed by atoms with E-state index in [9.17, 15) is 28.0 Å². The summed E-state index contributed by atoms with van der Waals surface area (Å²) in [6.07, 6.45) is -0.00179. The van der Waals surface area contributed by atoms with Gasteiger partial charge in [0.1, 0.15) is 11.6 Å². The number of urea groups is 1. The fourth-order valence-corrected chi connectivity index (χ4v) is 4.48. The number of rotatable bonds is 4. The lowest BCUT2D eigenvalue weighted by molar-refractivity contribution is -0.122. The Morgan fingerprint density at radius 1 is 0.824 bits per heavy atom. The molecule has 0 spiro atoms. The Morgan fingerprint density at radius 2 is 1.56 bits per heavy atom. The molecule has 5 amide bonds. The van der Waals surface area contributed by atoms with Crippen LogP contribution in [0.1, 0.15) is 32.7 Å². The summed E-state index contributed by atoms with van der Waals surface area (Å²) in [4.78, 5) is 53.3. The monoisotopic (exact) mass is 469 g/mol. The van der Waals surface area contributed by atoms with E-state index in [0.29, 0.717) is 38.4 Å². The van der Waals surface area contributed by atoms with Gasteiger partial charge in [0, 0.05) is 45.2 Å².